The van der Waals surface area contributed by atoms with E-state index in [4.69, 9.17) is 9.47 Å². The maximum absolute atomic E-state index is 12.0. The SMILES string of the molecule is COc1ccc2c(c1)CC(NC(=O)NCCCN1CCCC1)CO2. The summed E-state index contributed by atoms with van der Waals surface area (Å²) in [5, 5.41) is 5.94. The van der Waals surface area contributed by atoms with Crippen molar-refractivity contribution in [2.24, 2.45) is 0 Å². The van der Waals surface area contributed by atoms with Crippen LogP contribution in [0.5, 0.6) is 11.5 Å². The molecule has 132 valence electrons. The summed E-state index contributed by atoms with van der Waals surface area (Å²) in [4.78, 5) is 14.5. The molecule has 3 rings (SSSR count). The van der Waals surface area contributed by atoms with Crippen LogP contribution < -0.4 is 20.1 Å². The van der Waals surface area contributed by atoms with E-state index in [0.717, 1.165) is 36.4 Å². The molecule has 0 spiro atoms. The minimum atomic E-state index is -0.114. The Morgan fingerprint density at radius 3 is 3.00 bits per heavy atom. The summed E-state index contributed by atoms with van der Waals surface area (Å²) >= 11 is 0. The van der Waals surface area contributed by atoms with Crippen molar-refractivity contribution in [2.75, 3.05) is 39.9 Å². The van der Waals surface area contributed by atoms with Crippen LogP contribution >= 0.6 is 0 Å². The maximum Gasteiger partial charge on any atom is 0.315 e. The third-order valence-corrected chi connectivity index (χ3v) is 4.64. The molecule has 1 unspecified atom stereocenters. The first-order chi connectivity index (χ1) is 11.7. The number of carbonyl (C=O) groups is 1. The molecule has 0 bridgehead atoms. The molecule has 2 N–H and O–H groups in total. The van der Waals surface area contributed by atoms with Crippen LogP contribution in [0.1, 0.15) is 24.8 Å². The van der Waals surface area contributed by atoms with E-state index in [9.17, 15) is 4.79 Å². The second-order valence-corrected chi connectivity index (χ2v) is 6.49. The highest BCUT2D eigenvalue weighted by Crippen LogP contribution is 2.28. The monoisotopic (exact) mass is 333 g/mol. The van der Waals surface area contributed by atoms with Gasteiger partial charge in [0.1, 0.15) is 18.1 Å². The molecule has 0 aromatic heterocycles. The van der Waals surface area contributed by atoms with Crippen LogP contribution in [-0.2, 0) is 6.42 Å². The Morgan fingerprint density at radius 1 is 1.38 bits per heavy atom. The van der Waals surface area contributed by atoms with Crippen molar-refractivity contribution in [1.82, 2.24) is 15.5 Å². The molecule has 6 nitrogen and oxygen atoms in total. The van der Waals surface area contributed by atoms with Gasteiger partial charge in [0.05, 0.1) is 13.2 Å². The number of nitrogens with one attached hydrogen (secondary N) is 2. The molecule has 24 heavy (non-hydrogen) atoms. The molecule has 2 heterocycles. The van der Waals surface area contributed by atoms with E-state index in [-0.39, 0.29) is 12.1 Å². The molecule has 1 fully saturated rings. The lowest BCUT2D eigenvalue weighted by atomic mass is 10.0. The molecule has 1 saturated heterocycles. The van der Waals surface area contributed by atoms with E-state index >= 15 is 0 Å². The largest absolute Gasteiger partial charge is 0.497 e. The molecule has 0 radical (unpaired) electrons. The number of amides is 2. The van der Waals surface area contributed by atoms with Gasteiger partial charge in [-0.3, -0.25) is 0 Å². The number of benzene rings is 1. The highest BCUT2D eigenvalue weighted by Gasteiger charge is 2.21. The van der Waals surface area contributed by atoms with Gasteiger partial charge < -0.3 is 25.0 Å². The Labute approximate surface area is 143 Å². The third-order valence-electron chi connectivity index (χ3n) is 4.64. The highest BCUT2D eigenvalue weighted by molar-refractivity contribution is 5.74. The van der Waals surface area contributed by atoms with E-state index in [0.29, 0.717) is 13.2 Å². The lowest BCUT2D eigenvalue weighted by molar-refractivity contribution is 0.213. The first kappa shape index (κ1) is 16.9. The Morgan fingerprint density at radius 2 is 2.21 bits per heavy atom. The van der Waals surface area contributed by atoms with Gasteiger partial charge in [-0.15, -0.1) is 0 Å². The summed E-state index contributed by atoms with van der Waals surface area (Å²) in [5.74, 6) is 1.68. The molecule has 1 aromatic rings. The number of fused-ring (bicyclic) bond motifs is 1. The average molecular weight is 333 g/mol. The number of ether oxygens (including phenoxy) is 2. The van der Waals surface area contributed by atoms with Gasteiger partial charge in [-0.1, -0.05) is 0 Å². The van der Waals surface area contributed by atoms with Crippen LogP contribution in [0.3, 0.4) is 0 Å². The predicted molar refractivity (Wildman–Crippen MR) is 92.8 cm³/mol. The van der Waals surface area contributed by atoms with Crippen molar-refractivity contribution in [3.05, 3.63) is 23.8 Å². The minimum Gasteiger partial charge on any atom is -0.497 e. The fraction of sp³-hybridized carbons (Fsp3) is 0.611. The van der Waals surface area contributed by atoms with Crippen LogP contribution in [0, 0.1) is 0 Å². The van der Waals surface area contributed by atoms with Gasteiger partial charge >= 0.3 is 6.03 Å². The van der Waals surface area contributed by atoms with Gasteiger partial charge in [0.2, 0.25) is 0 Å². The summed E-state index contributed by atoms with van der Waals surface area (Å²) in [7, 11) is 1.65. The van der Waals surface area contributed by atoms with Crippen molar-refractivity contribution in [3.8, 4) is 11.5 Å². The van der Waals surface area contributed by atoms with Gasteiger partial charge in [0, 0.05) is 6.54 Å². The Balaban J connectivity index is 1.38. The van der Waals surface area contributed by atoms with Crippen molar-refractivity contribution < 1.29 is 14.3 Å². The van der Waals surface area contributed by atoms with Gasteiger partial charge in [-0.2, -0.15) is 0 Å². The first-order valence-corrected chi connectivity index (χ1v) is 8.81. The quantitative estimate of drug-likeness (QED) is 0.779. The molecule has 2 aliphatic heterocycles. The number of hydrogen-bond acceptors (Lipinski definition) is 4. The van der Waals surface area contributed by atoms with Crippen molar-refractivity contribution in [2.45, 2.75) is 31.7 Å². The van der Waals surface area contributed by atoms with Gasteiger partial charge in [0.15, 0.2) is 0 Å². The molecule has 0 saturated carbocycles. The maximum atomic E-state index is 12.0. The van der Waals surface area contributed by atoms with Gasteiger partial charge in [0.25, 0.3) is 0 Å². The normalized spacial score (nSPS) is 20.1. The van der Waals surface area contributed by atoms with E-state index in [1.165, 1.54) is 25.9 Å². The molecule has 1 atom stereocenters. The average Bonchev–Trinajstić information content (AvgIpc) is 3.11. The summed E-state index contributed by atoms with van der Waals surface area (Å²) in [6.45, 7) is 4.68. The minimum absolute atomic E-state index is 0.0109. The zero-order valence-corrected chi connectivity index (χ0v) is 14.3. The lowest BCUT2D eigenvalue weighted by Crippen LogP contribution is -2.47. The number of nitrogens with zero attached hydrogens (tertiary/aromatic N) is 1. The molecular formula is C18H27N3O3. The molecule has 0 aliphatic carbocycles. The molecule has 2 aliphatic rings. The second kappa shape index (κ2) is 8.24. The van der Waals surface area contributed by atoms with Crippen molar-refractivity contribution >= 4 is 6.03 Å². The lowest BCUT2D eigenvalue weighted by Gasteiger charge is -2.26. The topological polar surface area (TPSA) is 62.8 Å². The first-order valence-electron chi connectivity index (χ1n) is 8.81. The highest BCUT2D eigenvalue weighted by atomic mass is 16.5. The fourth-order valence-corrected chi connectivity index (χ4v) is 3.34. The van der Waals surface area contributed by atoms with E-state index in [2.05, 4.69) is 15.5 Å². The summed E-state index contributed by atoms with van der Waals surface area (Å²) in [5.41, 5.74) is 1.07. The second-order valence-electron chi connectivity index (χ2n) is 6.49. The van der Waals surface area contributed by atoms with Crippen LogP contribution in [0.4, 0.5) is 4.79 Å². The standard InChI is InChI=1S/C18H27N3O3/c1-23-16-5-6-17-14(12-16)11-15(13-24-17)20-18(22)19-7-4-10-21-8-2-3-9-21/h5-6,12,15H,2-4,7-11,13H2,1H3,(H2,19,20,22). The molecule has 2 amide bonds. The Bertz CT molecular complexity index is 558. The Kier molecular flexibility index (Phi) is 5.80. The van der Waals surface area contributed by atoms with Gasteiger partial charge in [-0.05, 0) is 69.1 Å². The summed E-state index contributed by atoms with van der Waals surface area (Å²) in [6, 6.07) is 5.65. The zero-order valence-electron chi connectivity index (χ0n) is 14.3. The number of likely N-dealkylation sites (tertiary alicyclic amines) is 1. The number of hydrogen-bond donors (Lipinski definition) is 2. The fourth-order valence-electron chi connectivity index (χ4n) is 3.34. The number of methoxy groups -OCH3 is 1. The van der Waals surface area contributed by atoms with Crippen LogP contribution in [0.15, 0.2) is 18.2 Å². The zero-order chi connectivity index (χ0) is 16.8. The Hall–Kier alpha value is -1.95. The van der Waals surface area contributed by atoms with Gasteiger partial charge in [-0.25, -0.2) is 4.79 Å². The number of urea groups is 1. The number of rotatable bonds is 6. The summed E-state index contributed by atoms with van der Waals surface area (Å²) in [6.07, 6.45) is 4.37. The van der Waals surface area contributed by atoms with E-state index in [1.807, 2.05) is 18.2 Å². The molecule has 1 aromatic carbocycles. The number of carbonyl (C=O) groups excluding carboxylic acids is 1. The molecule has 6 heteroatoms. The van der Waals surface area contributed by atoms with Crippen LogP contribution in [-0.4, -0.2) is 56.9 Å². The van der Waals surface area contributed by atoms with Crippen molar-refractivity contribution in [1.29, 1.82) is 0 Å². The van der Waals surface area contributed by atoms with E-state index < -0.39 is 0 Å². The summed E-state index contributed by atoms with van der Waals surface area (Å²) < 4.78 is 11.0. The van der Waals surface area contributed by atoms with Crippen LogP contribution in [0.25, 0.3) is 0 Å². The van der Waals surface area contributed by atoms with Crippen molar-refractivity contribution in [3.63, 3.8) is 0 Å². The van der Waals surface area contributed by atoms with Crippen LogP contribution in [0.2, 0.25) is 0 Å². The predicted octanol–water partition coefficient (Wildman–Crippen LogP) is 1.78. The molecular weight excluding hydrogens is 306 g/mol. The van der Waals surface area contributed by atoms with E-state index in [1.54, 1.807) is 7.11 Å². The third kappa shape index (κ3) is 4.54. The smallest absolute Gasteiger partial charge is 0.315 e.